The maximum absolute atomic E-state index is 15.2. The average Bonchev–Trinajstić information content (AvgIpc) is 3.71. The number of anilines is 2. The molecular formula is C27H24F4N8O2. The molecule has 1 amide bonds. The number of halogens is 4. The molecule has 1 aliphatic heterocycles. The fourth-order valence-electron chi connectivity index (χ4n) is 4.89. The fourth-order valence-corrected chi connectivity index (χ4v) is 4.89. The maximum Gasteiger partial charge on any atom is 0.434 e. The number of hydrogen-bond acceptors (Lipinski definition) is 8. The van der Waals surface area contributed by atoms with Gasteiger partial charge in [-0.15, -0.1) is 0 Å². The Morgan fingerprint density at radius 2 is 1.88 bits per heavy atom. The van der Waals surface area contributed by atoms with Gasteiger partial charge in [-0.25, -0.2) is 29.3 Å². The van der Waals surface area contributed by atoms with E-state index in [2.05, 4.69) is 19.9 Å². The quantitative estimate of drug-likeness (QED) is 0.316. The highest BCUT2D eigenvalue weighted by Crippen LogP contribution is 2.45. The van der Waals surface area contributed by atoms with E-state index < -0.39 is 17.7 Å². The van der Waals surface area contributed by atoms with Crippen molar-refractivity contribution in [2.75, 3.05) is 30.5 Å². The van der Waals surface area contributed by atoms with Gasteiger partial charge in [0.05, 0.1) is 31.1 Å². The van der Waals surface area contributed by atoms with E-state index in [1.807, 2.05) is 0 Å². The van der Waals surface area contributed by atoms with Gasteiger partial charge >= 0.3 is 6.18 Å². The Kier molecular flexibility index (Phi) is 6.35. The zero-order valence-corrected chi connectivity index (χ0v) is 22.3. The number of amides is 1. The van der Waals surface area contributed by atoms with Gasteiger partial charge in [-0.1, -0.05) is 6.07 Å². The molecule has 4 aromatic rings. The number of likely N-dealkylation sites (N-methyl/N-ethyl adjacent to an activating group) is 1. The first-order valence-corrected chi connectivity index (χ1v) is 12.7. The molecule has 212 valence electrons. The van der Waals surface area contributed by atoms with Crippen LogP contribution >= 0.6 is 0 Å². The van der Waals surface area contributed by atoms with Crippen LogP contribution in [-0.2, 0) is 24.6 Å². The van der Waals surface area contributed by atoms with E-state index in [-0.39, 0.29) is 36.3 Å². The molecule has 0 saturated heterocycles. The Bertz CT molecular complexity index is 1670. The Morgan fingerprint density at radius 3 is 2.54 bits per heavy atom. The molecule has 0 radical (unpaired) electrons. The first-order chi connectivity index (χ1) is 19.5. The summed E-state index contributed by atoms with van der Waals surface area (Å²) in [6.45, 7) is 0.0715. The van der Waals surface area contributed by atoms with E-state index in [4.69, 9.17) is 9.72 Å². The lowest BCUT2D eigenvalue weighted by Gasteiger charge is -2.34. The minimum atomic E-state index is -4.65. The lowest BCUT2D eigenvalue weighted by molar-refractivity contribution is -0.140. The minimum absolute atomic E-state index is 0.0322. The number of imidazole rings is 1. The van der Waals surface area contributed by atoms with Crippen molar-refractivity contribution in [3.05, 3.63) is 59.7 Å². The summed E-state index contributed by atoms with van der Waals surface area (Å²) in [4.78, 5) is 37.5. The second-order valence-electron chi connectivity index (χ2n) is 10.0. The first-order valence-electron chi connectivity index (χ1n) is 12.7. The number of aryl methyl sites for hydroxylation is 1. The topological polar surface area (TPSA) is 102 Å². The van der Waals surface area contributed by atoms with Gasteiger partial charge in [0.1, 0.15) is 29.2 Å². The lowest BCUT2D eigenvalue weighted by atomic mass is 10.1. The normalized spacial score (nSPS) is 15.3. The van der Waals surface area contributed by atoms with Crippen molar-refractivity contribution >= 4 is 17.4 Å². The molecule has 0 bridgehead atoms. The Balaban J connectivity index is 1.35. The smallest absolute Gasteiger partial charge is 0.434 e. The molecule has 14 heteroatoms. The summed E-state index contributed by atoms with van der Waals surface area (Å²) in [5, 5.41) is 0. The van der Waals surface area contributed by atoms with E-state index in [0.29, 0.717) is 34.3 Å². The van der Waals surface area contributed by atoms with Crippen LogP contribution in [0.25, 0.3) is 22.8 Å². The molecule has 10 nitrogen and oxygen atoms in total. The van der Waals surface area contributed by atoms with Gasteiger partial charge in [0.25, 0.3) is 0 Å². The Morgan fingerprint density at radius 1 is 1.10 bits per heavy atom. The van der Waals surface area contributed by atoms with Crippen LogP contribution in [0.2, 0.25) is 0 Å². The van der Waals surface area contributed by atoms with Crippen molar-refractivity contribution in [1.29, 1.82) is 0 Å². The maximum atomic E-state index is 15.2. The van der Waals surface area contributed by atoms with E-state index >= 15 is 4.39 Å². The monoisotopic (exact) mass is 568 g/mol. The highest BCUT2D eigenvalue weighted by atomic mass is 19.4. The Hall–Kier alpha value is -4.62. The second kappa shape index (κ2) is 9.78. The molecule has 1 saturated carbocycles. The second-order valence-corrected chi connectivity index (χ2v) is 10.0. The SMILES string of the molecule is COc1ncnc(C2CC2)c1-c1ncc2c(n1)N(Cc1ccc(-c3nc(C(F)(F)F)cn3C)c(F)c1)CC(=O)N2C. The number of benzene rings is 1. The number of carbonyl (C=O) groups excluding carboxylic acids is 1. The van der Waals surface area contributed by atoms with Crippen molar-refractivity contribution in [2.45, 2.75) is 31.5 Å². The summed E-state index contributed by atoms with van der Waals surface area (Å²) in [5.41, 5.74) is 1.16. The largest absolute Gasteiger partial charge is 0.480 e. The zero-order chi connectivity index (χ0) is 29.1. The Labute approximate surface area is 231 Å². The molecule has 3 aromatic heterocycles. The van der Waals surface area contributed by atoms with E-state index in [1.165, 1.54) is 37.5 Å². The molecular weight excluding hydrogens is 544 g/mol. The molecule has 1 aliphatic carbocycles. The van der Waals surface area contributed by atoms with Crippen LogP contribution in [0.4, 0.5) is 29.1 Å². The molecule has 41 heavy (non-hydrogen) atoms. The highest BCUT2D eigenvalue weighted by molar-refractivity contribution is 6.02. The van der Waals surface area contributed by atoms with Gasteiger partial charge in [-0.2, -0.15) is 13.2 Å². The third-order valence-electron chi connectivity index (χ3n) is 7.15. The van der Waals surface area contributed by atoms with Crippen LogP contribution in [-0.4, -0.2) is 56.1 Å². The third kappa shape index (κ3) is 4.83. The molecule has 1 aromatic carbocycles. The molecule has 1 fully saturated rings. The van der Waals surface area contributed by atoms with Gasteiger partial charge in [-0.05, 0) is 30.5 Å². The first kappa shape index (κ1) is 26.6. The van der Waals surface area contributed by atoms with E-state index in [9.17, 15) is 18.0 Å². The number of carbonyl (C=O) groups is 1. The molecule has 4 heterocycles. The summed E-state index contributed by atoms with van der Waals surface area (Å²) in [5.74, 6) is 0.292. The van der Waals surface area contributed by atoms with Gasteiger partial charge in [-0.3, -0.25) is 4.79 Å². The molecule has 0 spiro atoms. The summed E-state index contributed by atoms with van der Waals surface area (Å²) in [6, 6.07) is 4.19. The van der Waals surface area contributed by atoms with Gasteiger partial charge in [0, 0.05) is 32.8 Å². The standard InChI is InChI=1S/C27H24F4N8O2/c1-37-11-19(27(29,30)31)35-24(37)16-7-4-14(8-17(16)28)10-39-12-20(40)38(2)18-9-32-23(36-25(18)39)21-22(15-5-6-15)33-13-34-26(21)41-3/h4,7-9,11,13,15H,5-6,10,12H2,1-3H3. The van der Waals surface area contributed by atoms with Crippen LogP contribution < -0.4 is 14.5 Å². The van der Waals surface area contributed by atoms with Crippen LogP contribution in [0, 0.1) is 5.82 Å². The number of fused-ring (bicyclic) bond motifs is 1. The number of hydrogen-bond donors (Lipinski definition) is 0. The number of ether oxygens (including phenoxy) is 1. The van der Waals surface area contributed by atoms with Gasteiger partial charge in [0.15, 0.2) is 17.3 Å². The number of nitrogens with zero attached hydrogens (tertiary/aromatic N) is 8. The van der Waals surface area contributed by atoms with Crippen molar-refractivity contribution in [1.82, 2.24) is 29.5 Å². The molecule has 0 atom stereocenters. The number of rotatable bonds is 6. The van der Waals surface area contributed by atoms with Crippen LogP contribution in [0.15, 0.2) is 36.9 Å². The van der Waals surface area contributed by atoms with Crippen LogP contribution in [0.3, 0.4) is 0 Å². The fraction of sp³-hybridized carbons (Fsp3) is 0.333. The highest BCUT2D eigenvalue weighted by Gasteiger charge is 2.36. The summed E-state index contributed by atoms with van der Waals surface area (Å²) in [7, 11) is 4.50. The minimum Gasteiger partial charge on any atom is -0.480 e. The number of alkyl halides is 3. The van der Waals surface area contributed by atoms with Gasteiger partial charge in [0.2, 0.25) is 11.8 Å². The van der Waals surface area contributed by atoms with Gasteiger partial charge < -0.3 is 19.1 Å². The van der Waals surface area contributed by atoms with Crippen LogP contribution in [0.1, 0.15) is 35.7 Å². The van der Waals surface area contributed by atoms with Crippen LogP contribution in [0.5, 0.6) is 5.88 Å². The van der Waals surface area contributed by atoms with Crippen molar-refractivity contribution in [2.24, 2.45) is 7.05 Å². The van der Waals surface area contributed by atoms with E-state index in [0.717, 1.165) is 29.3 Å². The predicted octanol–water partition coefficient (Wildman–Crippen LogP) is 4.36. The summed E-state index contributed by atoms with van der Waals surface area (Å²) < 4.78 is 61.2. The number of aromatic nitrogens is 6. The summed E-state index contributed by atoms with van der Waals surface area (Å²) >= 11 is 0. The lowest BCUT2D eigenvalue weighted by Crippen LogP contribution is -2.44. The van der Waals surface area contributed by atoms with E-state index in [1.54, 1.807) is 24.2 Å². The molecule has 0 unspecified atom stereocenters. The molecule has 2 aliphatic rings. The molecule has 6 rings (SSSR count). The zero-order valence-electron chi connectivity index (χ0n) is 22.3. The van der Waals surface area contributed by atoms with Crippen molar-refractivity contribution in [3.8, 4) is 28.7 Å². The average molecular weight is 569 g/mol. The predicted molar refractivity (Wildman–Crippen MR) is 140 cm³/mol. The van der Waals surface area contributed by atoms with Crippen molar-refractivity contribution in [3.63, 3.8) is 0 Å². The van der Waals surface area contributed by atoms with Crippen molar-refractivity contribution < 1.29 is 27.1 Å². The summed E-state index contributed by atoms with van der Waals surface area (Å²) in [6.07, 6.45) is 1.13. The molecule has 0 N–H and O–H groups in total. The number of methoxy groups -OCH3 is 1. The third-order valence-corrected chi connectivity index (χ3v) is 7.15.